The highest BCUT2D eigenvalue weighted by Crippen LogP contribution is 2.27. The van der Waals surface area contributed by atoms with Gasteiger partial charge in [0.25, 0.3) is 0 Å². The van der Waals surface area contributed by atoms with E-state index in [1.54, 1.807) is 0 Å². The van der Waals surface area contributed by atoms with Gasteiger partial charge in [-0.3, -0.25) is 4.79 Å². The van der Waals surface area contributed by atoms with Crippen molar-refractivity contribution in [3.05, 3.63) is 17.5 Å². The van der Waals surface area contributed by atoms with E-state index in [1.807, 2.05) is 13.0 Å². The molecule has 20 heavy (non-hydrogen) atoms. The van der Waals surface area contributed by atoms with Crippen molar-refractivity contribution in [1.82, 2.24) is 9.97 Å². The maximum absolute atomic E-state index is 11.3. The minimum atomic E-state index is -0.723. The number of hydrogen-bond acceptors (Lipinski definition) is 4. The summed E-state index contributed by atoms with van der Waals surface area (Å²) in [6, 6.07) is 1.91. The Balaban J connectivity index is 2.17. The molecule has 0 radical (unpaired) electrons. The number of nitrogens with zero attached hydrogens (tertiary/aromatic N) is 2. The van der Waals surface area contributed by atoms with E-state index in [9.17, 15) is 9.90 Å². The van der Waals surface area contributed by atoms with Gasteiger partial charge in [0.2, 0.25) is 5.95 Å². The van der Waals surface area contributed by atoms with Gasteiger partial charge in [-0.15, -0.1) is 0 Å². The molecule has 1 heterocycles. The first kappa shape index (κ1) is 14.8. The minimum Gasteiger partial charge on any atom is -0.481 e. The van der Waals surface area contributed by atoms with E-state index in [-0.39, 0.29) is 12.0 Å². The fourth-order valence-corrected chi connectivity index (χ4v) is 2.72. The molecule has 5 nitrogen and oxygen atoms in total. The molecule has 1 aromatic heterocycles. The van der Waals surface area contributed by atoms with Crippen molar-refractivity contribution in [2.24, 2.45) is 5.92 Å². The number of rotatable bonds is 4. The number of carbonyl (C=O) groups is 1. The monoisotopic (exact) mass is 277 g/mol. The van der Waals surface area contributed by atoms with Crippen LogP contribution in [0.1, 0.15) is 56.8 Å². The maximum atomic E-state index is 11.3. The molecule has 0 amide bonds. The lowest BCUT2D eigenvalue weighted by atomic mass is 9.84. The van der Waals surface area contributed by atoms with Crippen molar-refractivity contribution < 1.29 is 9.90 Å². The third kappa shape index (κ3) is 3.46. The Morgan fingerprint density at radius 3 is 2.70 bits per heavy atom. The normalized spacial score (nSPS) is 22.8. The van der Waals surface area contributed by atoms with Gasteiger partial charge >= 0.3 is 5.97 Å². The summed E-state index contributed by atoms with van der Waals surface area (Å²) < 4.78 is 0. The average Bonchev–Trinajstić information content (AvgIpc) is 2.38. The third-order valence-electron chi connectivity index (χ3n) is 3.86. The molecular formula is C15H23N3O2. The molecule has 0 aromatic carbocycles. The van der Waals surface area contributed by atoms with E-state index >= 15 is 0 Å². The Kier molecular flexibility index (Phi) is 4.57. The predicted octanol–water partition coefficient (Wildman–Crippen LogP) is 2.96. The number of anilines is 1. The van der Waals surface area contributed by atoms with Gasteiger partial charge in [0.15, 0.2) is 0 Å². The molecule has 0 bridgehead atoms. The van der Waals surface area contributed by atoms with Gasteiger partial charge in [-0.1, -0.05) is 26.7 Å². The molecule has 0 aliphatic heterocycles. The molecule has 1 aliphatic carbocycles. The smallest absolute Gasteiger partial charge is 0.308 e. The van der Waals surface area contributed by atoms with Gasteiger partial charge in [0.1, 0.15) is 0 Å². The van der Waals surface area contributed by atoms with Crippen LogP contribution < -0.4 is 5.32 Å². The van der Waals surface area contributed by atoms with Crippen molar-refractivity contribution in [2.45, 2.75) is 58.4 Å². The van der Waals surface area contributed by atoms with Crippen molar-refractivity contribution in [1.29, 1.82) is 0 Å². The van der Waals surface area contributed by atoms with E-state index in [1.165, 1.54) is 0 Å². The SMILES string of the molecule is Cc1cc(C(C)C)nc(NC2CCCCC2C(=O)O)n1. The van der Waals surface area contributed by atoms with E-state index < -0.39 is 5.97 Å². The summed E-state index contributed by atoms with van der Waals surface area (Å²) >= 11 is 0. The maximum Gasteiger partial charge on any atom is 0.308 e. The van der Waals surface area contributed by atoms with E-state index in [0.29, 0.717) is 11.9 Å². The first-order valence-corrected chi connectivity index (χ1v) is 7.32. The molecule has 110 valence electrons. The van der Waals surface area contributed by atoms with Gasteiger partial charge < -0.3 is 10.4 Å². The van der Waals surface area contributed by atoms with Gasteiger partial charge in [0, 0.05) is 17.4 Å². The number of aromatic nitrogens is 2. The molecule has 0 spiro atoms. The molecule has 0 saturated heterocycles. The third-order valence-corrected chi connectivity index (χ3v) is 3.86. The topological polar surface area (TPSA) is 75.1 Å². The lowest BCUT2D eigenvalue weighted by Crippen LogP contribution is -2.37. The Hall–Kier alpha value is -1.65. The number of carboxylic acids is 1. The first-order valence-electron chi connectivity index (χ1n) is 7.32. The van der Waals surface area contributed by atoms with Crippen LogP contribution in [0.2, 0.25) is 0 Å². The molecule has 1 fully saturated rings. The summed E-state index contributed by atoms with van der Waals surface area (Å²) in [5.74, 6) is -0.167. The van der Waals surface area contributed by atoms with Crippen molar-refractivity contribution in [3.63, 3.8) is 0 Å². The van der Waals surface area contributed by atoms with E-state index in [2.05, 4.69) is 29.1 Å². The van der Waals surface area contributed by atoms with Gasteiger partial charge in [-0.05, 0) is 31.7 Å². The van der Waals surface area contributed by atoms with Crippen molar-refractivity contribution in [3.8, 4) is 0 Å². The highest BCUT2D eigenvalue weighted by molar-refractivity contribution is 5.71. The van der Waals surface area contributed by atoms with Crippen LogP contribution in [-0.2, 0) is 4.79 Å². The minimum absolute atomic E-state index is 0.0666. The fraction of sp³-hybridized carbons (Fsp3) is 0.667. The number of aliphatic carboxylic acids is 1. The van der Waals surface area contributed by atoms with Crippen LogP contribution in [0, 0.1) is 12.8 Å². The van der Waals surface area contributed by atoms with Gasteiger partial charge in [0.05, 0.1) is 5.92 Å². The zero-order chi connectivity index (χ0) is 14.7. The summed E-state index contributed by atoms with van der Waals surface area (Å²) in [6.45, 7) is 6.12. The summed E-state index contributed by atoms with van der Waals surface area (Å²) in [6.07, 6.45) is 3.65. The molecule has 1 aromatic rings. The fourth-order valence-electron chi connectivity index (χ4n) is 2.72. The molecule has 5 heteroatoms. The highest BCUT2D eigenvalue weighted by atomic mass is 16.4. The lowest BCUT2D eigenvalue weighted by molar-refractivity contribution is -0.143. The van der Waals surface area contributed by atoms with Crippen LogP contribution in [-0.4, -0.2) is 27.1 Å². The largest absolute Gasteiger partial charge is 0.481 e. The molecule has 1 saturated carbocycles. The Labute approximate surface area is 119 Å². The predicted molar refractivity (Wildman–Crippen MR) is 77.9 cm³/mol. The summed E-state index contributed by atoms with van der Waals surface area (Å²) in [5, 5.41) is 12.5. The van der Waals surface area contributed by atoms with Crippen LogP contribution in [0.25, 0.3) is 0 Å². The van der Waals surface area contributed by atoms with E-state index in [4.69, 9.17) is 0 Å². The van der Waals surface area contributed by atoms with Gasteiger partial charge in [-0.25, -0.2) is 9.97 Å². The quantitative estimate of drug-likeness (QED) is 0.885. The Morgan fingerprint density at radius 2 is 2.05 bits per heavy atom. The number of carboxylic acid groups (broad SMARTS) is 1. The van der Waals surface area contributed by atoms with Gasteiger partial charge in [-0.2, -0.15) is 0 Å². The molecule has 2 N–H and O–H groups in total. The molecule has 2 atom stereocenters. The number of hydrogen-bond donors (Lipinski definition) is 2. The number of aryl methyl sites for hydroxylation is 1. The van der Waals surface area contributed by atoms with Crippen molar-refractivity contribution in [2.75, 3.05) is 5.32 Å². The number of nitrogens with one attached hydrogen (secondary N) is 1. The molecule has 2 rings (SSSR count). The summed E-state index contributed by atoms with van der Waals surface area (Å²) in [5.41, 5.74) is 1.90. The molecule has 2 unspecified atom stereocenters. The Bertz CT molecular complexity index is 488. The van der Waals surface area contributed by atoms with Crippen LogP contribution >= 0.6 is 0 Å². The zero-order valence-corrected chi connectivity index (χ0v) is 12.4. The highest BCUT2D eigenvalue weighted by Gasteiger charge is 2.31. The van der Waals surface area contributed by atoms with Crippen LogP contribution in [0.4, 0.5) is 5.95 Å². The Morgan fingerprint density at radius 1 is 1.35 bits per heavy atom. The molecular weight excluding hydrogens is 254 g/mol. The van der Waals surface area contributed by atoms with E-state index in [0.717, 1.165) is 37.1 Å². The summed E-state index contributed by atoms with van der Waals surface area (Å²) in [7, 11) is 0. The second-order valence-corrected chi connectivity index (χ2v) is 5.89. The van der Waals surface area contributed by atoms with Crippen molar-refractivity contribution >= 4 is 11.9 Å². The van der Waals surface area contributed by atoms with Crippen LogP contribution in [0.3, 0.4) is 0 Å². The van der Waals surface area contributed by atoms with Crippen LogP contribution in [0.15, 0.2) is 6.07 Å². The summed E-state index contributed by atoms with van der Waals surface area (Å²) in [4.78, 5) is 20.2. The second kappa shape index (κ2) is 6.20. The zero-order valence-electron chi connectivity index (χ0n) is 12.4. The second-order valence-electron chi connectivity index (χ2n) is 5.89. The average molecular weight is 277 g/mol. The lowest BCUT2D eigenvalue weighted by Gasteiger charge is -2.29. The standard InChI is InChI=1S/C15H23N3O2/c1-9(2)13-8-10(3)16-15(18-13)17-12-7-5-4-6-11(12)14(19)20/h8-9,11-12H,4-7H2,1-3H3,(H,19,20)(H,16,17,18). The molecule has 1 aliphatic rings. The first-order chi connectivity index (χ1) is 9.47. The van der Waals surface area contributed by atoms with Crippen LogP contribution in [0.5, 0.6) is 0 Å².